The number of carbonyl (C=O) groups excluding carboxylic acids is 1. The molecule has 1 amide bonds. The van der Waals surface area contributed by atoms with Crippen LogP contribution in [0.5, 0.6) is 0 Å². The fraction of sp³-hybridized carbons (Fsp3) is 0.917. The van der Waals surface area contributed by atoms with Crippen molar-refractivity contribution in [3.8, 4) is 0 Å². The molecule has 0 saturated carbocycles. The molecule has 1 aliphatic heterocycles. The number of nitrogens with one attached hydrogen (secondary N) is 2. The zero-order chi connectivity index (χ0) is 11.8. The molecule has 4 heteroatoms. The van der Waals surface area contributed by atoms with Crippen molar-refractivity contribution in [1.82, 2.24) is 15.5 Å². The zero-order valence-electron chi connectivity index (χ0n) is 10.6. The molecule has 0 bridgehead atoms. The lowest BCUT2D eigenvalue weighted by atomic mass is 10.3. The maximum Gasteiger partial charge on any atom is 0.236 e. The van der Waals surface area contributed by atoms with Crippen molar-refractivity contribution in [3.63, 3.8) is 0 Å². The first-order valence-corrected chi connectivity index (χ1v) is 6.47. The van der Waals surface area contributed by atoms with Gasteiger partial charge in [-0.1, -0.05) is 6.92 Å². The van der Waals surface area contributed by atoms with Crippen molar-refractivity contribution in [2.24, 2.45) is 0 Å². The van der Waals surface area contributed by atoms with Gasteiger partial charge in [-0.15, -0.1) is 0 Å². The van der Waals surface area contributed by atoms with Crippen LogP contribution < -0.4 is 10.6 Å². The fourth-order valence-corrected chi connectivity index (χ4v) is 1.94. The van der Waals surface area contributed by atoms with Crippen LogP contribution in [0.15, 0.2) is 0 Å². The minimum atomic E-state index is -0.0749. The number of hydrogen-bond donors (Lipinski definition) is 2. The van der Waals surface area contributed by atoms with Gasteiger partial charge in [0.1, 0.15) is 0 Å². The molecule has 1 heterocycles. The van der Waals surface area contributed by atoms with Gasteiger partial charge < -0.3 is 15.5 Å². The Morgan fingerprint density at radius 3 is 2.62 bits per heavy atom. The average molecular weight is 227 g/mol. The predicted molar refractivity (Wildman–Crippen MR) is 66.4 cm³/mol. The van der Waals surface area contributed by atoms with Gasteiger partial charge in [-0.2, -0.15) is 0 Å². The molecule has 0 aliphatic carbocycles. The van der Waals surface area contributed by atoms with Crippen LogP contribution in [0.2, 0.25) is 0 Å². The molecule has 4 nitrogen and oxygen atoms in total. The highest BCUT2D eigenvalue weighted by atomic mass is 16.2. The highest BCUT2D eigenvalue weighted by Crippen LogP contribution is 2.05. The molecule has 1 rings (SSSR count). The van der Waals surface area contributed by atoms with Crippen LogP contribution >= 0.6 is 0 Å². The maximum absolute atomic E-state index is 11.5. The van der Waals surface area contributed by atoms with Gasteiger partial charge in [0.15, 0.2) is 0 Å². The van der Waals surface area contributed by atoms with Crippen LogP contribution in [-0.4, -0.2) is 49.6 Å². The Hall–Kier alpha value is -0.610. The molecule has 2 N–H and O–H groups in total. The van der Waals surface area contributed by atoms with E-state index >= 15 is 0 Å². The number of likely N-dealkylation sites (tertiary alicyclic amines) is 1. The molecule has 0 aromatic carbocycles. The summed E-state index contributed by atoms with van der Waals surface area (Å²) in [5.41, 5.74) is 0. The third-order valence-corrected chi connectivity index (χ3v) is 3.02. The Labute approximate surface area is 98.8 Å². The summed E-state index contributed by atoms with van der Waals surface area (Å²) >= 11 is 0. The van der Waals surface area contributed by atoms with Crippen molar-refractivity contribution in [2.45, 2.75) is 39.2 Å². The van der Waals surface area contributed by atoms with E-state index in [9.17, 15) is 4.79 Å². The molecule has 1 saturated heterocycles. The van der Waals surface area contributed by atoms with Crippen molar-refractivity contribution in [3.05, 3.63) is 0 Å². The third-order valence-electron chi connectivity index (χ3n) is 3.02. The van der Waals surface area contributed by atoms with Crippen molar-refractivity contribution in [2.75, 3.05) is 32.7 Å². The second-order valence-corrected chi connectivity index (χ2v) is 4.52. The van der Waals surface area contributed by atoms with Gasteiger partial charge in [0.2, 0.25) is 5.91 Å². The summed E-state index contributed by atoms with van der Waals surface area (Å²) < 4.78 is 0. The van der Waals surface area contributed by atoms with E-state index in [0.717, 1.165) is 26.1 Å². The normalized spacial score (nSPS) is 18.6. The highest BCUT2D eigenvalue weighted by molar-refractivity contribution is 5.81. The first-order chi connectivity index (χ1) is 7.74. The van der Waals surface area contributed by atoms with E-state index in [1.807, 2.05) is 6.92 Å². The van der Waals surface area contributed by atoms with Gasteiger partial charge in [-0.05, 0) is 39.3 Å². The minimum Gasteiger partial charge on any atom is -0.355 e. The largest absolute Gasteiger partial charge is 0.355 e. The number of hydrogen-bond acceptors (Lipinski definition) is 3. The van der Waals surface area contributed by atoms with Gasteiger partial charge in [0, 0.05) is 19.6 Å². The Balaban J connectivity index is 2.04. The number of amides is 1. The molecule has 1 fully saturated rings. The second kappa shape index (κ2) is 7.63. The van der Waals surface area contributed by atoms with E-state index in [4.69, 9.17) is 0 Å². The van der Waals surface area contributed by atoms with Gasteiger partial charge in [-0.25, -0.2) is 0 Å². The molecular weight excluding hydrogens is 202 g/mol. The van der Waals surface area contributed by atoms with Crippen LogP contribution in [0.1, 0.15) is 33.1 Å². The van der Waals surface area contributed by atoms with Crippen LogP contribution in [0.25, 0.3) is 0 Å². The number of carbonyl (C=O) groups is 1. The van der Waals surface area contributed by atoms with Crippen LogP contribution in [0.3, 0.4) is 0 Å². The summed E-state index contributed by atoms with van der Waals surface area (Å²) in [5.74, 6) is 0.114. The minimum absolute atomic E-state index is 0.0749. The molecule has 1 aliphatic rings. The molecule has 94 valence electrons. The second-order valence-electron chi connectivity index (χ2n) is 4.52. The number of rotatable bonds is 7. The standard InChI is InChI=1S/C12H25N3O/c1-3-6-14-12(16)11(2)13-7-10-15-8-4-5-9-15/h11,13H,3-10H2,1-2H3,(H,14,16). The summed E-state index contributed by atoms with van der Waals surface area (Å²) in [4.78, 5) is 14.0. The lowest BCUT2D eigenvalue weighted by Crippen LogP contribution is -2.44. The molecule has 0 radical (unpaired) electrons. The van der Waals surface area contributed by atoms with Crippen LogP contribution in [-0.2, 0) is 4.79 Å². The topological polar surface area (TPSA) is 44.4 Å². The molecule has 16 heavy (non-hydrogen) atoms. The lowest BCUT2D eigenvalue weighted by molar-refractivity contribution is -0.122. The summed E-state index contributed by atoms with van der Waals surface area (Å²) in [5, 5.41) is 6.16. The Bertz CT molecular complexity index is 202. The quantitative estimate of drug-likeness (QED) is 0.669. The Kier molecular flexibility index (Phi) is 6.42. The van der Waals surface area contributed by atoms with Crippen LogP contribution in [0, 0.1) is 0 Å². The van der Waals surface area contributed by atoms with Crippen LogP contribution in [0.4, 0.5) is 0 Å². The van der Waals surface area contributed by atoms with E-state index in [-0.39, 0.29) is 11.9 Å². The fourth-order valence-electron chi connectivity index (χ4n) is 1.94. The predicted octanol–water partition coefficient (Wildman–Crippen LogP) is 0.587. The summed E-state index contributed by atoms with van der Waals surface area (Å²) in [6.45, 7) is 9.17. The van der Waals surface area contributed by atoms with Crippen molar-refractivity contribution < 1.29 is 4.79 Å². The van der Waals surface area contributed by atoms with E-state index in [0.29, 0.717) is 0 Å². The van der Waals surface area contributed by atoms with E-state index in [2.05, 4.69) is 22.5 Å². The van der Waals surface area contributed by atoms with Crippen molar-refractivity contribution >= 4 is 5.91 Å². The van der Waals surface area contributed by atoms with E-state index < -0.39 is 0 Å². The SMILES string of the molecule is CCCNC(=O)C(C)NCCN1CCCC1. The summed E-state index contributed by atoms with van der Waals surface area (Å²) in [6, 6.07) is -0.0749. The zero-order valence-corrected chi connectivity index (χ0v) is 10.6. The number of nitrogens with zero attached hydrogens (tertiary/aromatic N) is 1. The lowest BCUT2D eigenvalue weighted by Gasteiger charge is -2.18. The van der Waals surface area contributed by atoms with Gasteiger partial charge in [0.05, 0.1) is 6.04 Å². The maximum atomic E-state index is 11.5. The average Bonchev–Trinajstić information content (AvgIpc) is 2.78. The first-order valence-electron chi connectivity index (χ1n) is 6.47. The smallest absolute Gasteiger partial charge is 0.236 e. The molecular formula is C12H25N3O. The van der Waals surface area contributed by atoms with Gasteiger partial charge in [-0.3, -0.25) is 4.79 Å². The molecule has 0 spiro atoms. The van der Waals surface area contributed by atoms with Crippen molar-refractivity contribution in [1.29, 1.82) is 0 Å². The summed E-state index contributed by atoms with van der Waals surface area (Å²) in [6.07, 6.45) is 3.64. The monoisotopic (exact) mass is 227 g/mol. The van der Waals surface area contributed by atoms with Gasteiger partial charge >= 0.3 is 0 Å². The molecule has 1 atom stereocenters. The molecule has 0 aromatic heterocycles. The Morgan fingerprint density at radius 1 is 1.31 bits per heavy atom. The Morgan fingerprint density at radius 2 is 2.00 bits per heavy atom. The van der Waals surface area contributed by atoms with E-state index in [1.165, 1.54) is 25.9 Å². The molecule has 0 aromatic rings. The highest BCUT2D eigenvalue weighted by Gasteiger charge is 2.13. The summed E-state index contributed by atoms with van der Waals surface area (Å²) in [7, 11) is 0. The van der Waals surface area contributed by atoms with E-state index in [1.54, 1.807) is 0 Å². The van der Waals surface area contributed by atoms with Gasteiger partial charge in [0.25, 0.3) is 0 Å². The molecule has 1 unspecified atom stereocenters. The third kappa shape index (κ3) is 4.94. The first kappa shape index (κ1) is 13.5.